The highest BCUT2D eigenvalue weighted by Gasteiger charge is 2.10. The third-order valence-corrected chi connectivity index (χ3v) is 4.87. The van der Waals surface area contributed by atoms with E-state index in [1.54, 1.807) is 0 Å². The first-order chi connectivity index (χ1) is 9.47. The van der Waals surface area contributed by atoms with Gasteiger partial charge in [-0.3, -0.25) is 0 Å². The summed E-state index contributed by atoms with van der Waals surface area (Å²) in [4.78, 5) is 1.33. The lowest BCUT2D eigenvalue weighted by Gasteiger charge is -2.16. The predicted octanol–water partition coefficient (Wildman–Crippen LogP) is 4.71. The summed E-state index contributed by atoms with van der Waals surface area (Å²) >= 11 is 1.85. The molecule has 2 aromatic rings. The van der Waals surface area contributed by atoms with E-state index in [0.717, 1.165) is 5.75 Å². The molecule has 106 valence electrons. The Morgan fingerprint density at radius 3 is 2.10 bits per heavy atom. The van der Waals surface area contributed by atoms with Crippen molar-refractivity contribution in [2.24, 2.45) is 5.73 Å². The minimum absolute atomic E-state index is 0.0845. The number of hydrogen-bond donors (Lipinski definition) is 1. The van der Waals surface area contributed by atoms with Crippen LogP contribution in [0.3, 0.4) is 0 Å². The number of thioether (sulfide) groups is 1. The van der Waals surface area contributed by atoms with Gasteiger partial charge in [-0.05, 0) is 50.5 Å². The van der Waals surface area contributed by atoms with Crippen LogP contribution in [0.15, 0.2) is 41.3 Å². The summed E-state index contributed by atoms with van der Waals surface area (Å²) in [6.07, 6.45) is 0. The number of hydrogen-bond acceptors (Lipinski definition) is 2. The summed E-state index contributed by atoms with van der Waals surface area (Å²) in [5.74, 6) is 0.911. The topological polar surface area (TPSA) is 26.0 Å². The van der Waals surface area contributed by atoms with Gasteiger partial charge in [-0.25, -0.2) is 0 Å². The zero-order valence-corrected chi connectivity index (χ0v) is 13.6. The van der Waals surface area contributed by atoms with Crippen LogP contribution >= 0.6 is 11.8 Å². The third kappa shape index (κ3) is 3.65. The number of benzene rings is 2. The van der Waals surface area contributed by atoms with Crippen LogP contribution < -0.4 is 5.73 Å². The van der Waals surface area contributed by atoms with Crippen LogP contribution in [-0.4, -0.2) is 5.75 Å². The number of rotatable bonds is 4. The molecular formula is C18H23NS. The van der Waals surface area contributed by atoms with Crippen LogP contribution in [-0.2, 0) is 0 Å². The summed E-state index contributed by atoms with van der Waals surface area (Å²) in [7, 11) is 0. The average Bonchev–Trinajstić information content (AvgIpc) is 2.37. The lowest BCUT2D eigenvalue weighted by molar-refractivity contribution is 0.822. The molecule has 1 atom stereocenters. The van der Waals surface area contributed by atoms with Gasteiger partial charge >= 0.3 is 0 Å². The van der Waals surface area contributed by atoms with E-state index in [1.165, 1.54) is 32.7 Å². The Labute approximate surface area is 126 Å². The monoisotopic (exact) mass is 285 g/mol. The molecule has 0 fully saturated rings. The van der Waals surface area contributed by atoms with E-state index < -0.39 is 0 Å². The predicted molar refractivity (Wildman–Crippen MR) is 89.5 cm³/mol. The van der Waals surface area contributed by atoms with Crippen LogP contribution in [0, 0.1) is 27.7 Å². The van der Waals surface area contributed by atoms with Gasteiger partial charge in [0.15, 0.2) is 0 Å². The van der Waals surface area contributed by atoms with Crippen molar-refractivity contribution in [2.75, 3.05) is 5.75 Å². The lowest BCUT2D eigenvalue weighted by Crippen LogP contribution is -2.14. The molecule has 0 aromatic heterocycles. The van der Waals surface area contributed by atoms with Gasteiger partial charge in [-0.1, -0.05) is 41.5 Å². The molecule has 20 heavy (non-hydrogen) atoms. The summed E-state index contributed by atoms with van der Waals surface area (Å²) in [6.45, 7) is 8.55. The maximum atomic E-state index is 6.35. The highest BCUT2D eigenvalue weighted by Crippen LogP contribution is 2.28. The Hall–Kier alpha value is -1.25. The molecule has 2 N–H and O–H groups in total. The molecule has 0 aliphatic rings. The lowest BCUT2D eigenvalue weighted by atomic mass is 10.0. The van der Waals surface area contributed by atoms with Crippen LogP contribution in [0.2, 0.25) is 0 Å². The Bertz CT molecular complexity index is 604. The Morgan fingerprint density at radius 2 is 1.50 bits per heavy atom. The summed E-state index contributed by atoms with van der Waals surface area (Å²) in [6, 6.07) is 13.2. The molecule has 1 nitrogen and oxygen atoms in total. The Kier molecular flexibility index (Phi) is 4.90. The van der Waals surface area contributed by atoms with Gasteiger partial charge in [-0.2, -0.15) is 0 Å². The van der Waals surface area contributed by atoms with Gasteiger partial charge in [0.05, 0.1) is 0 Å². The molecule has 2 rings (SSSR count). The van der Waals surface area contributed by atoms with Gasteiger partial charge in [0.2, 0.25) is 0 Å². The first kappa shape index (κ1) is 15.1. The Balaban J connectivity index is 2.06. The molecule has 0 amide bonds. The van der Waals surface area contributed by atoms with Crippen molar-refractivity contribution in [3.05, 3.63) is 64.2 Å². The van der Waals surface area contributed by atoms with Crippen molar-refractivity contribution >= 4 is 11.8 Å². The molecule has 0 bridgehead atoms. The van der Waals surface area contributed by atoms with Gasteiger partial charge in [0, 0.05) is 16.7 Å². The smallest absolute Gasteiger partial charge is 0.0392 e. The summed E-state index contributed by atoms with van der Waals surface area (Å²) < 4.78 is 0. The van der Waals surface area contributed by atoms with E-state index in [4.69, 9.17) is 5.73 Å². The molecule has 0 saturated carbocycles. The highest BCUT2D eigenvalue weighted by molar-refractivity contribution is 7.99. The van der Waals surface area contributed by atoms with Gasteiger partial charge < -0.3 is 5.73 Å². The maximum absolute atomic E-state index is 6.35. The molecule has 0 heterocycles. The van der Waals surface area contributed by atoms with Crippen molar-refractivity contribution in [2.45, 2.75) is 38.6 Å². The maximum Gasteiger partial charge on any atom is 0.0392 e. The van der Waals surface area contributed by atoms with Crippen molar-refractivity contribution in [1.29, 1.82) is 0 Å². The third-order valence-electron chi connectivity index (χ3n) is 3.57. The van der Waals surface area contributed by atoms with E-state index >= 15 is 0 Å². The van der Waals surface area contributed by atoms with E-state index in [9.17, 15) is 0 Å². The molecular weight excluding hydrogens is 262 g/mol. The number of aryl methyl sites for hydroxylation is 4. The van der Waals surface area contributed by atoms with Crippen LogP contribution in [0.25, 0.3) is 0 Å². The molecule has 0 radical (unpaired) electrons. The zero-order chi connectivity index (χ0) is 14.7. The van der Waals surface area contributed by atoms with Gasteiger partial charge in [0.1, 0.15) is 0 Å². The molecule has 2 aromatic carbocycles. The summed E-state index contributed by atoms with van der Waals surface area (Å²) in [5, 5.41) is 0. The van der Waals surface area contributed by atoms with E-state index in [1.807, 2.05) is 11.8 Å². The molecule has 0 aliphatic heterocycles. The molecule has 2 heteroatoms. The van der Waals surface area contributed by atoms with Crippen molar-refractivity contribution in [1.82, 2.24) is 0 Å². The second-order valence-corrected chi connectivity index (χ2v) is 6.61. The Morgan fingerprint density at radius 1 is 0.900 bits per heavy atom. The average molecular weight is 285 g/mol. The molecule has 1 unspecified atom stereocenters. The van der Waals surface area contributed by atoms with E-state index in [-0.39, 0.29) is 6.04 Å². The van der Waals surface area contributed by atoms with Gasteiger partial charge in [0.25, 0.3) is 0 Å². The van der Waals surface area contributed by atoms with Gasteiger partial charge in [-0.15, -0.1) is 11.8 Å². The quantitative estimate of drug-likeness (QED) is 0.823. The molecule has 0 saturated heterocycles. The van der Waals surface area contributed by atoms with Crippen molar-refractivity contribution < 1.29 is 0 Å². The second kappa shape index (κ2) is 6.47. The van der Waals surface area contributed by atoms with E-state index in [0.29, 0.717) is 0 Å². The largest absolute Gasteiger partial charge is 0.323 e. The minimum atomic E-state index is 0.0845. The number of nitrogens with two attached hydrogens (primary N) is 1. The minimum Gasteiger partial charge on any atom is -0.323 e. The highest BCUT2D eigenvalue weighted by atomic mass is 32.2. The first-order valence-electron chi connectivity index (χ1n) is 7.00. The standard InChI is InChI=1S/C18H23NS/c1-12-5-7-16(14(3)9-12)17(19)11-20-18-8-6-13(2)10-15(18)4/h5-10,17H,11,19H2,1-4H3. The molecule has 0 spiro atoms. The van der Waals surface area contributed by atoms with Crippen LogP contribution in [0.1, 0.15) is 33.9 Å². The SMILES string of the molecule is Cc1ccc(SCC(N)c2ccc(C)cc2C)c(C)c1. The van der Waals surface area contributed by atoms with Crippen molar-refractivity contribution in [3.8, 4) is 0 Å². The second-order valence-electron chi connectivity index (χ2n) is 5.55. The first-order valence-corrected chi connectivity index (χ1v) is 7.98. The fourth-order valence-electron chi connectivity index (χ4n) is 2.47. The van der Waals surface area contributed by atoms with E-state index in [2.05, 4.69) is 64.1 Å². The fourth-order valence-corrected chi connectivity index (χ4v) is 3.46. The molecule has 0 aliphatic carbocycles. The summed E-state index contributed by atoms with van der Waals surface area (Å²) in [5.41, 5.74) is 12.8. The van der Waals surface area contributed by atoms with Crippen molar-refractivity contribution in [3.63, 3.8) is 0 Å². The normalized spacial score (nSPS) is 12.4. The van der Waals surface area contributed by atoms with Crippen LogP contribution in [0.4, 0.5) is 0 Å². The zero-order valence-electron chi connectivity index (χ0n) is 12.7. The fraction of sp³-hybridized carbons (Fsp3) is 0.333. The van der Waals surface area contributed by atoms with Crippen LogP contribution in [0.5, 0.6) is 0 Å².